The quantitative estimate of drug-likeness (QED) is 0.0787. The summed E-state index contributed by atoms with van der Waals surface area (Å²) in [4.78, 5) is 70.3. The van der Waals surface area contributed by atoms with Crippen molar-refractivity contribution in [1.29, 1.82) is 0 Å². The Kier molecular flexibility index (Phi) is 15.9. The first kappa shape index (κ1) is 50.5. The molecule has 3 aliphatic heterocycles. The van der Waals surface area contributed by atoms with E-state index < -0.39 is 41.1 Å². The molecular weight excluding hydrogens is 932 g/mol. The van der Waals surface area contributed by atoms with Gasteiger partial charge in [-0.15, -0.1) is 0 Å². The lowest BCUT2D eigenvalue weighted by Gasteiger charge is -2.45. The lowest BCUT2D eigenvalue weighted by Crippen LogP contribution is -2.65. The van der Waals surface area contributed by atoms with Gasteiger partial charge in [-0.2, -0.15) is 0 Å². The molecule has 3 N–H and O–H groups in total. The fourth-order valence-electron chi connectivity index (χ4n) is 10.0. The minimum Gasteiger partial charge on any atom is -0.481 e. The Labute approximate surface area is 419 Å². The average Bonchev–Trinajstić information content (AvgIpc) is 4.07. The maximum Gasteiger partial charge on any atom is 0.304 e. The number of pyridine rings is 1. The highest BCUT2D eigenvalue weighted by Gasteiger charge is 2.50. The molecule has 4 atom stereocenters. The van der Waals surface area contributed by atoms with Gasteiger partial charge in [0.05, 0.1) is 49.0 Å². The predicted molar refractivity (Wildman–Crippen MR) is 267 cm³/mol. The van der Waals surface area contributed by atoms with Gasteiger partial charge < -0.3 is 34.7 Å². The van der Waals surface area contributed by atoms with Crippen LogP contribution in [-0.2, 0) is 56.9 Å². The molecular formula is C53H62Cl2N8O7. The number of hydrogen-bond donors (Lipinski definition) is 3. The molecule has 3 aliphatic rings. The van der Waals surface area contributed by atoms with Gasteiger partial charge in [-0.3, -0.25) is 34.0 Å². The van der Waals surface area contributed by atoms with E-state index in [1.54, 1.807) is 74.3 Å². The molecule has 3 fully saturated rings. The van der Waals surface area contributed by atoms with Crippen molar-refractivity contribution in [2.45, 2.75) is 102 Å². The molecule has 5 aromatic rings. The molecule has 0 spiro atoms. The highest BCUT2D eigenvalue weighted by Crippen LogP contribution is 2.34. The van der Waals surface area contributed by atoms with E-state index in [4.69, 9.17) is 37.7 Å². The molecule has 3 amide bonds. The Morgan fingerprint density at radius 2 is 1.66 bits per heavy atom. The van der Waals surface area contributed by atoms with Crippen LogP contribution < -0.4 is 15.4 Å². The molecule has 0 bridgehead atoms. The van der Waals surface area contributed by atoms with Gasteiger partial charge in [-0.25, -0.2) is 4.98 Å². The van der Waals surface area contributed by atoms with Crippen molar-refractivity contribution < 1.29 is 33.8 Å². The molecule has 3 aromatic carbocycles. The number of aromatic nitrogens is 3. The van der Waals surface area contributed by atoms with E-state index >= 15 is 0 Å². The first-order valence-corrected chi connectivity index (χ1v) is 24.8. The summed E-state index contributed by atoms with van der Waals surface area (Å²) >= 11 is 12.8. The number of hydrogen-bond acceptors (Lipinski definition) is 10. The standard InChI is InChI=1S/C53H62Cl2N8O7/c1-35(57-30-38-13-18-41(55)28-46(38)70-43-19-14-37(15-20-43)44-31-58-47(60(44)4)32-61-23-7-8-24-61)50(67)63-45(33-69-52(63,2)3)49(66)59-53(29-36-11-16-40(54)17-12-36)21-9-25-62(34-53)51(68)39(27-48(64)65)26-42-10-5-6-22-56-42/h5-6,10-20,22,28,31,35,39,45,57H,7-9,21,23-27,29-30,32-34H2,1-4H3,(H,59,66)(H,64,65)/t35-,39+,45-,53+/m0/s1. The largest absolute Gasteiger partial charge is 0.481 e. The highest BCUT2D eigenvalue weighted by molar-refractivity contribution is 6.31. The van der Waals surface area contributed by atoms with E-state index in [9.17, 15) is 24.3 Å². The Balaban J connectivity index is 0.951. The Bertz CT molecular complexity index is 2640. The van der Waals surface area contributed by atoms with E-state index in [0.717, 1.165) is 47.8 Å². The molecule has 5 heterocycles. The second-order valence-electron chi connectivity index (χ2n) is 19.3. The van der Waals surface area contributed by atoms with Gasteiger partial charge in [-0.05, 0) is 132 Å². The lowest BCUT2D eigenvalue weighted by molar-refractivity contribution is -0.152. The fourth-order valence-corrected chi connectivity index (χ4v) is 10.3. The number of likely N-dealkylation sites (tertiary alicyclic amines) is 2. The second-order valence-corrected chi connectivity index (χ2v) is 20.2. The van der Waals surface area contributed by atoms with Gasteiger partial charge in [0.15, 0.2) is 0 Å². The first-order chi connectivity index (χ1) is 33.6. The summed E-state index contributed by atoms with van der Waals surface area (Å²) in [6, 6.07) is 24.1. The van der Waals surface area contributed by atoms with Crippen molar-refractivity contribution in [3.8, 4) is 22.8 Å². The van der Waals surface area contributed by atoms with Crippen LogP contribution in [0.15, 0.2) is 97.3 Å². The van der Waals surface area contributed by atoms with Crippen molar-refractivity contribution in [1.82, 2.24) is 39.9 Å². The van der Waals surface area contributed by atoms with Crippen molar-refractivity contribution in [2.24, 2.45) is 13.0 Å². The van der Waals surface area contributed by atoms with Gasteiger partial charge in [0.1, 0.15) is 29.1 Å². The van der Waals surface area contributed by atoms with Gasteiger partial charge in [0, 0.05) is 66.2 Å². The minimum atomic E-state index is -1.13. The van der Waals surface area contributed by atoms with Crippen molar-refractivity contribution >= 4 is 46.9 Å². The van der Waals surface area contributed by atoms with Crippen LogP contribution in [0, 0.1) is 5.92 Å². The molecule has 15 nitrogen and oxygen atoms in total. The molecule has 370 valence electrons. The van der Waals surface area contributed by atoms with Crippen LogP contribution in [0.2, 0.25) is 10.0 Å². The Hall–Kier alpha value is -5.84. The number of nitrogens with zero attached hydrogens (tertiary/aromatic N) is 6. The number of halogens is 2. The third kappa shape index (κ3) is 12.2. The smallest absolute Gasteiger partial charge is 0.304 e. The summed E-state index contributed by atoms with van der Waals surface area (Å²) in [7, 11) is 2.05. The van der Waals surface area contributed by atoms with E-state index in [1.807, 2.05) is 55.7 Å². The third-order valence-electron chi connectivity index (χ3n) is 13.7. The summed E-state index contributed by atoms with van der Waals surface area (Å²) < 4.78 is 14.7. The van der Waals surface area contributed by atoms with Gasteiger partial charge in [-0.1, -0.05) is 47.5 Å². The molecule has 0 radical (unpaired) electrons. The highest BCUT2D eigenvalue weighted by atomic mass is 35.5. The van der Waals surface area contributed by atoms with Crippen molar-refractivity contribution in [3.05, 3.63) is 130 Å². The Morgan fingerprint density at radius 1 is 0.914 bits per heavy atom. The molecule has 0 aliphatic carbocycles. The van der Waals surface area contributed by atoms with Crippen LogP contribution in [0.5, 0.6) is 11.5 Å². The van der Waals surface area contributed by atoms with Crippen LogP contribution in [0.25, 0.3) is 11.3 Å². The number of carboxylic acids is 1. The van der Waals surface area contributed by atoms with Crippen LogP contribution in [0.4, 0.5) is 0 Å². The summed E-state index contributed by atoms with van der Waals surface area (Å²) in [6.45, 7) is 9.03. The SMILES string of the molecule is C[C@H](NCc1ccc(Cl)cc1Oc1ccc(-c2cnc(CN3CCCC3)n2C)cc1)C(=O)N1[C@H](C(=O)N[C@@]2(Cc3ccc(Cl)cc3)CCCN(C(=O)[C@@H](CC(=O)O)Cc3ccccn3)C2)COC1(C)C. The zero-order valence-electron chi connectivity index (χ0n) is 40.2. The molecule has 70 heavy (non-hydrogen) atoms. The van der Waals surface area contributed by atoms with Gasteiger partial charge >= 0.3 is 5.97 Å². The van der Waals surface area contributed by atoms with Gasteiger partial charge in [0.2, 0.25) is 17.7 Å². The second kappa shape index (κ2) is 22.1. The molecule has 17 heteroatoms. The van der Waals surface area contributed by atoms with Crippen LogP contribution >= 0.6 is 23.2 Å². The maximum absolute atomic E-state index is 14.7. The predicted octanol–water partition coefficient (Wildman–Crippen LogP) is 7.67. The Morgan fingerprint density at radius 3 is 2.37 bits per heavy atom. The number of carboxylic acid groups (broad SMARTS) is 1. The molecule has 0 unspecified atom stereocenters. The summed E-state index contributed by atoms with van der Waals surface area (Å²) in [5.41, 5.74) is 2.20. The first-order valence-electron chi connectivity index (χ1n) is 24.0. The zero-order chi connectivity index (χ0) is 49.6. The summed E-state index contributed by atoms with van der Waals surface area (Å²) in [6.07, 6.45) is 7.20. The molecule has 3 saturated heterocycles. The number of piperidine rings is 1. The number of ether oxygens (including phenoxy) is 2. The third-order valence-corrected chi connectivity index (χ3v) is 14.2. The zero-order valence-corrected chi connectivity index (χ0v) is 41.7. The van der Waals surface area contributed by atoms with Crippen LogP contribution in [0.1, 0.15) is 75.5 Å². The number of carbonyl (C=O) groups is 4. The topological polar surface area (TPSA) is 171 Å². The number of nitrogens with one attached hydrogen (secondary N) is 2. The molecule has 0 saturated carbocycles. The fraction of sp³-hybridized carbons (Fsp3) is 0.434. The normalized spacial score (nSPS) is 20.0. The summed E-state index contributed by atoms with van der Waals surface area (Å²) in [5, 5.41) is 17.6. The lowest BCUT2D eigenvalue weighted by atomic mass is 9.82. The number of carbonyl (C=O) groups excluding carboxylic acids is 3. The van der Waals surface area contributed by atoms with Crippen LogP contribution in [0.3, 0.4) is 0 Å². The number of imidazole rings is 1. The molecule has 2 aromatic heterocycles. The van der Waals surface area contributed by atoms with Crippen molar-refractivity contribution in [3.63, 3.8) is 0 Å². The summed E-state index contributed by atoms with van der Waals surface area (Å²) in [5.74, 6) is -0.858. The van der Waals surface area contributed by atoms with E-state index in [-0.39, 0.29) is 44.4 Å². The van der Waals surface area contributed by atoms with Crippen LogP contribution in [-0.4, -0.2) is 114 Å². The van der Waals surface area contributed by atoms with E-state index in [0.29, 0.717) is 53.0 Å². The average molecular weight is 994 g/mol. The van der Waals surface area contributed by atoms with E-state index in [2.05, 4.69) is 25.1 Å². The number of aliphatic carboxylic acids is 1. The van der Waals surface area contributed by atoms with Crippen molar-refractivity contribution in [2.75, 3.05) is 32.8 Å². The monoisotopic (exact) mass is 992 g/mol. The number of rotatable bonds is 18. The number of amides is 3. The minimum absolute atomic E-state index is 0.0456. The number of benzene rings is 3. The molecule has 8 rings (SSSR count). The maximum atomic E-state index is 14.7. The van der Waals surface area contributed by atoms with E-state index in [1.165, 1.54) is 17.7 Å². The van der Waals surface area contributed by atoms with Gasteiger partial charge in [0.25, 0.3) is 0 Å².